The van der Waals surface area contributed by atoms with Gasteiger partial charge < -0.3 is 4.74 Å². The number of hydrogen-bond acceptors (Lipinski definition) is 2. The van der Waals surface area contributed by atoms with E-state index in [1.54, 1.807) is 0 Å². The standard InChI is InChI=1S/C18H16ClIO2/c19-17-4-2-1-3-13(17)10-14-11-22-18(21)16(14)9-12-5-7-15(20)8-6-12/h1-8,14,16H,9-11H2/t14-,16+/m0/s1. The van der Waals surface area contributed by atoms with E-state index < -0.39 is 0 Å². The molecule has 0 amide bonds. The molecule has 3 rings (SSSR count). The van der Waals surface area contributed by atoms with Crippen molar-refractivity contribution in [3.63, 3.8) is 0 Å². The van der Waals surface area contributed by atoms with E-state index >= 15 is 0 Å². The van der Waals surface area contributed by atoms with E-state index in [0.717, 1.165) is 23.4 Å². The summed E-state index contributed by atoms with van der Waals surface area (Å²) in [6, 6.07) is 16.1. The van der Waals surface area contributed by atoms with Crippen molar-refractivity contribution in [2.24, 2.45) is 11.8 Å². The summed E-state index contributed by atoms with van der Waals surface area (Å²) < 4.78 is 6.50. The van der Waals surface area contributed by atoms with Crippen molar-refractivity contribution in [1.29, 1.82) is 0 Å². The van der Waals surface area contributed by atoms with Crippen molar-refractivity contribution in [2.75, 3.05) is 6.61 Å². The number of cyclic esters (lactones) is 1. The molecule has 0 saturated carbocycles. The lowest BCUT2D eigenvalue weighted by Gasteiger charge is -2.16. The van der Waals surface area contributed by atoms with Crippen molar-refractivity contribution >= 4 is 40.2 Å². The number of ether oxygens (including phenoxy) is 1. The summed E-state index contributed by atoms with van der Waals surface area (Å²) in [5.74, 6) is 0.0126. The van der Waals surface area contributed by atoms with E-state index in [1.165, 1.54) is 9.13 Å². The van der Waals surface area contributed by atoms with Crippen LogP contribution in [0.15, 0.2) is 48.5 Å². The van der Waals surface area contributed by atoms with Crippen molar-refractivity contribution < 1.29 is 9.53 Å². The minimum absolute atomic E-state index is 0.0867. The predicted octanol–water partition coefficient (Wildman–Crippen LogP) is 4.52. The first kappa shape index (κ1) is 15.8. The fourth-order valence-electron chi connectivity index (χ4n) is 2.88. The first-order chi connectivity index (χ1) is 10.6. The Kier molecular flexibility index (Phi) is 5.03. The molecule has 0 radical (unpaired) electrons. The molecule has 0 unspecified atom stereocenters. The molecule has 1 aliphatic rings. The van der Waals surface area contributed by atoms with Crippen LogP contribution in [0.2, 0.25) is 5.02 Å². The third-order valence-electron chi connectivity index (χ3n) is 4.12. The highest BCUT2D eigenvalue weighted by atomic mass is 127. The molecule has 0 bridgehead atoms. The second-order valence-electron chi connectivity index (χ2n) is 5.62. The molecule has 1 heterocycles. The monoisotopic (exact) mass is 426 g/mol. The van der Waals surface area contributed by atoms with Gasteiger partial charge in [-0.3, -0.25) is 4.79 Å². The van der Waals surface area contributed by atoms with E-state index in [-0.39, 0.29) is 17.8 Å². The molecule has 2 atom stereocenters. The highest BCUT2D eigenvalue weighted by Gasteiger charge is 2.36. The molecule has 2 aromatic carbocycles. The van der Waals surface area contributed by atoms with E-state index in [4.69, 9.17) is 16.3 Å². The highest BCUT2D eigenvalue weighted by Crippen LogP contribution is 2.31. The zero-order valence-corrected chi connectivity index (χ0v) is 14.9. The second kappa shape index (κ2) is 7.01. The molecule has 1 aliphatic heterocycles. The minimum atomic E-state index is -0.0874. The van der Waals surface area contributed by atoms with Gasteiger partial charge in [-0.1, -0.05) is 41.9 Å². The lowest BCUT2D eigenvalue weighted by Crippen LogP contribution is -2.20. The zero-order valence-electron chi connectivity index (χ0n) is 12.0. The summed E-state index contributed by atoms with van der Waals surface area (Å²) in [7, 11) is 0. The van der Waals surface area contributed by atoms with Gasteiger partial charge in [0.05, 0.1) is 12.5 Å². The smallest absolute Gasteiger partial charge is 0.309 e. The van der Waals surface area contributed by atoms with Crippen molar-refractivity contribution in [3.05, 3.63) is 68.3 Å². The Morgan fingerprint density at radius 2 is 1.82 bits per heavy atom. The number of carbonyl (C=O) groups excluding carboxylic acids is 1. The van der Waals surface area contributed by atoms with Crippen LogP contribution in [0.4, 0.5) is 0 Å². The van der Waals surface area contributed by atoms with Gasteiger partial charge in [-0.15, -0.1) is 0 Å². The van der Waals surface area contributed by atoms with Crippen LogP contribution in [0.3, 0.4) is 0 Å². The number of halogens is 2. The average molecular weight is 427 g/mol. The number of carbonyl (C=O) groups is 1. The van der Waals surface area contributed by atoms with Gasteiger partial charge in [0.1, 0.15) is 0 Å². The number of esters is 1. The Morgan fingerprint density at radius 3 is 2.55 bits per heavy atom. The van der Waals surface area contributed by atoms with Crippen LogP contribution >= 0.6 is 34.2 Å². The van der Waals surface area contributed by atoms with Gasteiger partial charge in [-0.05, 0) is 64.8 Å². The Bertz CT molecular complexity index is 669. The van der Waals surface area contributed by atoms with Gasteiger partial charge in [0.25, 0.3) is 0 Å². The Morgan fingerprint density at radius 1 is 1.09 bits per heavy atom. The molecule has 2 nitrogen and oxygen atoms in total. The number of benzene rings is 2. The summed E-state index contributed by atoms with van der Waals surface area (Å²) in [5.41, 5.74) is 2.26. The molecule has 0 spiro atoms. The van der Waals surface area contributed by atoms with Crippen LogP contribution in [0.1, 0.15) is 11.1 Å². The van der Waals surface area contributed by atoms with Gasteiger partial charge in [0.15, 0.2) is 0 Å². The molecule has 0 aromatic heterocycles. The van der Waals surface area contributed by atoms with Gasteiger partial charge in [-0.25, -0.2) is 0 Å². The largest absolute Gasteiger partial charge is 0.465 e. The summed E-state index contributed by atoms with van der Waals surface area (Å²) in [6.45, 7) is 0.485. The van der Waals surface area contributed by atoms with E-state index in [1.807, 2.05) is 24.3 Å². The van der Waals surface area contributed by atoms with Crippen LogP contribution in [0.5, 0.6) is 0 Å². The van der Waals surface area contributed by atoms with Crippen molar-refractivity contribution in [1.82, 2.24) is 0 Å². The van der Waals surface area contributed by atoms with Crippen LogP contribution in [-0.2, 0) is 22.4 Å². The Labute approximate surface area is 149 Å². The van der Waals surface area contributed by atoms with Crippen molar-refractivity contribution in [2.45, 2.75) is 12.8 Å². The minimum Gasteiger partial charge on any atom is -0.465 e. The lowest BCUT2D eigenvalue weighted by atomic mass is 9.85. The van der Waals surface area contributed by atoms with Gasteiger partial charge in [-0.2, -0.15) is 0 Å². The normalized spacial score (nSPS) is 20.9. The second-order valence-corrected chi connectivity index (χ2v) is 7.28. The maximum atomic E-state index is 12.1. The first-order valence-electron chi connectivity index (χ1n) is 7.28. The number of rotatable bonds is 4. The van der Waals surface area contributed by atoms with Gasteiger partial charge in [0, 0.05) is 14.5 Å². The summed E-state index contributed by atoms with van der Waals surface area (Å²) in [5, 5.41) is 0.759. The molecule has 0 aliphatic carbocycles. The lowest BCUT2D eigenvalue weighted by molar-refractivity contribution is -0.141. The summed E-state index contributed by atoms with van der Waals surface area (Å²) >= 11 is 8.52. The van der Waals surface area contributed by atoms with E-state index in [9.17, 15) is 4.79 Å². The van der Waals surface area contributed by atoms with Crippen LogP contribution < -0.4 is 0 Å². The predicted molar refractivity (Wildman–Crippen MR) is 96.0 cm³/mol. The molecule has 2 aromatic rings. The van der Waals surface area contributed by atoms with E-state index in [0.29, 0.717) is 6.61 Å². The summed E-state index contributed by atoms with van der Waals surface area (Å²) in [6.07, 6.45) is 1.51. The average Bonchev–Trinajstić information content (AvgIpc) is 2.85. The number of hydrogen-bond donors (Lipinski definition) is 0. The molecule has 4 heteroatoms. The quantitative estimate of drug-likeness (QED) is 0.531. The molecular formula is C18H16ClIO2. The highest BCUT2D eigenvalue weighted by molar-refractivity contribution is 14.1. The van der Waals surface area contributed by atoms with Crippen molar-refractivity contribution in [3.8, 4) is 0 Å². The maximum absolute atomic E-state index is 12.1. The van der Waals surface area contributed by atoms with E-state index in [2.05, 4.69) is 46.9 Å². The fourth-order valence-corrected chi connectivity index (χ4v) is 3.45. The van der Waals surface area contributed by atoms with Crippen LogP contribution in [0, 0.1) is 15.4 Å². The third kappa shape index (κ3) is 3.63. The van der Waals surface area contributed by atoms with Crippen LogP contribution in [-0.4, -0.2) is 12.6 Å². The Hall–Kier alpha value is -1.07. The van der Waals surface area contributed by atoms with Gasteiger partial charge >= 0.3 is 5.97 Å². The fraction of sp³-hybridized carbons (Fsp3) is 0.278. The molecular weight excluding hydrogens is 411 g/mol. The molecule has 114 valence electrons. The topological polar surface area (TPSA) is 26.3 Å². The maximum Gasteiger partial charge on any atom is 0.309 e. The molecule has 22 heavy (non-hydrogen) atoms. The third-order valence-corrected chi connectivity index (χ3v) is 5.21. The van der Waals surface area contributed by atoms with Crippen LogP contribution in [0.25, 0.3) is 0 Å². The Balaban J connectivity index is 1.75. The molecule has 1 fully saturated rings. The zero-order chi connectivity index (χ0) is 15.5. The van der Waals surface area contributed by atoms with Gasteiger partial charge in [0.2, 0.25) is 0 Å². The first-order valence-corrected chi connectivity index (χ1v) is 8.73. The summed E-state index contributed by atoms with van der Waals surface area (Å²) in [4.78, 5) is 12.1. The molecule has 0 N–H and O–H groups in total. The SMILES string of the molecule is O=C1OC[C@H](Cc2ccccc2Cl)[C@H]1Cc1ccc(I)cc1. The molecule has 1 saturated heterocycles.